The third-order valence-corrected chi connectivity index (χ3v) is 6.25. The fourth-order valence-corrected chi connectivity index (χ4v) is 4.63. The van der Waals surface area contributed by atoms with Gasteiger partial charge < -0.3 is 10.1 Å². The van der Waals surface area contributed by atoms with Crippen LogP contribution in [0.15, 0.2) is 27.6 Å². The maximum Gasteiger partial charge on any atom is 0.243 e. The number of benzene rings is 1. The van der Waals surface area contributed by atoms with Crippen molar-refractivity contribution in [2.24, 2.45) is 5.92 Å². The molecule has 0 aromatic heterocycles. The third-order valence-electron chi connectivity index (χ3n) is 3.73. The topological polar surface area (TPSA) is 58.6 Å². The lowest BCUT2D eigenvalue weighted by Gasteiger charge is -2.31. The molecule has 1 heterocycles. The maximum absolute atomic E-state index is 12.8. The van der Waals surface area contributed by atoms with Gasteiger partial charge in [0, 0.05) is 19.2 Å². The van der Waals surface area contributed by atoms with Crippen LogP contribution in [-0.2, 0) is 10.0 Å². The smallest absolute Gasteiger partial charge is 0.243 e. The Labute approximate surface area is 134 Å². The minimum absolute atomic E-state index is 0.285. The molecule has 1 atom stereocenters. The molecule has 0 radical (unpaired) electrons. The molecule has 7 heteroatoms. The summed E-state index contributed by atoms with van der Waals surface area (Å²) in [6.07, 6.45) is 1.97. The number of methoxy groups -OCH3 is 1. The molecule has 5 nitrogen and oxygen atoms in total. The van der Waals surface area contributed by atoms with E-state index in [0.29, 0.717) is 24.8 Å². The second-order valence-corrected chi connectivity index (χ2v) is 8.02. The molecule has 1 saturated heterocycles. The van der Waals surface area contributed by atoms with E-state index in [1.54, 1.807) is 22.5 Å². The van der Waals surface area contributed by atoms with Crippen molar-refractivity contribution in [3.05, 3.63) is 22.7 Å². The van der Waals surface area contributed by atoms with Crippen molar-refractivity contribution < 1.29 is 13.2 Å². The number of nitrogens with one attached hydrogen (secondary N) is 1. The van der Waals surface area contributed by atoms with Gasteiger partial charge in [-0.25, -0.2) is 8.42 Å². The highest BCUT2D eigenvalue weighted by Gasteiger charge is 2.30. The summed E-state index contributed by atoms with van der Waals surface area (Å²) in [4.78, 5) is 0.285. The first-order valence-corrected chi connectivity index (χ1v) is 9.20. The van der Waals surface area contributed by atoms with Crippen LogP contribution >= 0.6 is 15.9 Å². The summed E-state index contributed by atoms with van der Waals surface area (Å²) in [5.74, 6) is 0.899. The average Bonchev–Trinajstić information content (AvgIpc) is 2.48. The highest BCUT2D eigenvalue weighted by Crippen LogP contribution is 2.30. The van der Waals surface area contributed by atoms with Gasteiger partial charge in [0.05, 0.1) is 16.5 Å². The number of halogens is 1. The number of hydrogen-bond donors (Lipinski definition) is 1. The average molecular weight is 377 g/mol. The van der Waals surface area contributed by atoms with Crippen molar-refractivity contribution in [2.75, 3.05) is 33.8 Å². The van der Waals surface area contributed by atoms with E-state index in [1.807, 2.05) is 7.05 Å². The van der Waals surface area contributed by atoms with E-state index in [4.69, 9.17) is 4.74 Å². The normalized spacial score (nSPS) is 20.4. The van der Waals surface area contributed by atoms with E-state index in [2.05, 4.69) is 21.2 Å². The summed E-state index contributed by atoms with van der Waals surface area (Å²) in [5.41, 5.74) is 0. The summed E-state index contributed by atoms with van der Waals surface area (Å²) in [5, 5.41) is 3.13. The summed E-state index contributed by atoms with van der Waals surface area (Å²) in [6.45, 7) is 2.00. The third kappa shape index (κ3) is 3.77. The van der Waals surface area contributed by atoms with Gasteiger partial charge in [-0.1, -0.05) is 0 Å². The molecular formula is C14H21BrN2O3S. The fourth-order valence-electron chi connectivity index (χ4n) is 2.65. The van der Waals surface area contributed by atoms with Crippen molar-refractivity contribution in [3.8, 4) is 5.75 Å². The van der Waals surface area contributed by atoms with Crippen LogP contribution in [0.1, 0.15) is 12.8 Å². The molecule has 1 fully saturated rings. The molecule has 1 N–H and O–H groups in total. The Balaban J connectivity index is 2.25. The molecule has 0 amide bonds. The van der Waals surface area contributed by atoms with Gasteiger partial charge in [0.1, 0.15) is 5.75 Å². The number of ether oxygens (including phenoxy) is 1. The lowest BCUT2D eigenvalue weighted by Crippen LogP contribution is -2.42. The molecule has 21 heavy (non-hydrogen) atoms. The molecule has 0 spiro atoms. The van der Waals surface area contributed by atoms with Crippen molar-refractivity contribution in [1.29, 1.82) is 0 Å². The Morgan fingerprint density at radius 1 is 1.48 bits per heavy atom. The summed E-state index contributed by atoms with van der Waals surface area (Å²) in [7, 11) is -0.0339. The summed E-state index contributed by atoms with van der Waals surface area (Å²) >= 11 is 3.34. The van der Waals surface area contributed by atoms with Gasteiger partial charge in [0.25, 0.3) is 0 Å². The van der Waals surface area contributed by atoms with E-state index in [9.17, 15) is 8.42 Å². The van der Waals surface area contributed by atoms with Gasteiger partial charge in [-0.15, -0.1) is 0 Å². The minimum atomic E-state index is -3.46. The molecule has 0 saturated carbocycles. The molecular weight excluding hydrogens is 356 g/mol. The van der Waals surface area contributed by atoms with Crippen LogP contribution in [0.3, 0.4) is 0 Å². The SMILES string of the molecule is CNC[C@H]1CCCN(S(=O)(=O)c2ccc(Br)c(OC)c2)C1. The van der Waals surface area contributed by atoms with Gasteiger partial charge in [-0.2, -0.15) is 4.31 Å². The first kappa shape index (κ1) is 16.7. The molecule has 1 aromatic rings. The lowest BCUT2D eigenvalue weighted by molar-refractivity contribution is 0.263. The van der Waals surface area contributed by atoms with Gasteiger partial charge in [0.15, 0.2) is 0 Å². The zero-order valence-electron chi connectivity index (χ0n) is 12.3. The van der Waals surface area contributed by atoms with E-state index in [1.165, 1.54) is 7.11 Å². The first-order valence-electron chi connectivity index (χ1n) is 6.97. The minimum Gasteiger partial charge on any atom is -0.496 e. The molecule has 0 bridgehead atoms. The standard InChI is InChI=1S/C14H21BrN2O3S/c1-16-9-11-4-3-7-17(10-11)21(18,19)12-5-6-13(15)14(8-12)20-2/h5-6,8,11,16H,3-4,7,9-10H2,1-2H3/t11-/m1/s1. The van der Waals surface area contributed by atoms with Crippen LogP contribution in [0.4, 0.5) is 0 Å². The van der Waals surface area contributed by atoms with E-state index in [0.717, 1.165) is 23.9 Å². The van der Waals surface area contributed by atoms with Crippen LogP contribution in [-0.4, -0.2) is 46.5 Å². The molecule has 118 valence electrons. The van der Waals surface area contributed by atoms with Gasteiger partial charge in [-0.3, -0.25) is 0 Å². The molecule has 0 aliphatic carbocycles. The van der Waals surface area contributed by atoms with Crippen LogP contribution < -0.4 is 10.1 Å². The van der Waals surface area contributed by atoms with E-state index < -0.39 is 10.0 Å². The monoisotopic (exact) mass is 376 g/mol. The Morgan fingerprint density at radius 2 is 2.24 bits per heavy atom. The summed E-state index contributed by atoms with van der Waals surface area (Å²) < 4.78 is 33.0. The number of sulfonamides is 1. The lowest BCUT2D eigenvalue weighted by atomic mass is 10.00. The highest BCUT2D eigenvalue weighted by molar-refractivity contribution is 9.10. The number of hydrogen-bond acceptors (Lipinski definition) is 4. The van der Waals surface area contributed by atoms with Crippen molar-refractivity contribution in [3.63, 3.8) is 0 Å². The largest absolute Gasteiger partial charge is 0.496 e. The molecule has 1 aromatic carbocycles. The van der Waals surface area contributed by atoms with Crippen LogP contribution in [0, 0.1) is 5.92 Å². The Hall–Kier alpha value is -0.630. The molecule has 2 rings (SSSR count). The number of nitrogens with zero attached hydrogens (tertiary/aromatic N) is 1. The van der Waals surface area contributed by atoms with Crippen molar-refractivity contribution in [1.82, 2.24) is 9.62 Å². The zero-order valence-corrected chi connectivity index (χ0v) is 14.7. The first-order chi connectivity index (χ1) is 9.98. The van der Waals surface area contributed by atoms with Gasteiger partial charge >= 0.3 is 0 Å². The molecule has 0 unspecified atom stereocenters. The van der Waals surface area contributed by atoms with Crippen molar-refractivity contribution in [2.45, 2.75) is 17.7 Å². The quantitative estimate of drug-likeness (QED) is 0.854. The molecule has 1 aliphatic rings. The van der Waals surface area contributed by atoms with E-state index >= 15 is 0 Å². The van der Waals surface area contributed by atoms with Crippen LogP contribution in [0.2, 0.25) is 0 Å². The van der Waals surface area contributed by atoms with Crippen LogP contribution in [0.5, 0.6) is 5.75 Å². The van der Waals surface area contributed by atoms with Gasteiger partial charge in [0.2, 0.25) is 10.0 Å². The maximum atomic E-state index is 12.8. The predicted octanol–water partition coefficient (Wildman–Crippen LogP) is 2.08. The second kappa shape index (κ2) is 7.09. The molecule has 1 aliphatic heterocycles. The van der Waals surface area contributed by atoms with Gasteiger partial charge in [-0.05, 0) is 60.4 Å². The second-order valence-electron chi connectivity index (χ2n) is 5.23. The Bertz CT molecular complexity index is 590. The highest BCUT2D eigenvalue weighted by atomic mass is 79.9. The fraction of sp³-hybridized carbons (Fsp3) is 0.571. The summed E-state index contributed by atoms with van der Waals surface area (Å²) in [6, 6.07) is 4.89. The predicted molar refractivity (Wildman–Crippen MR) is 86.1 cm³/mol. The number of rotatable bonds is 5. The van der Waals surface area contributed by atoms with Crippen molar-refractivity contribution >= 4 is 26.0 Å². The number of piperidine rings is 1. The Morgan fingerprint density at radius 3 is 2.90 bits per heavy atom. The van der Waals surface area contributed by atoms with Crippen LogP contribution in [0.25, 0.3) is 0 Å². The Kier molecular flexibility index (Phi) is 5.65. The zero-order chi connectivity index (χ0) is 15.5. The van der Waals surface area contributed by atoms with E-state index in [-0.39, 0.29) is 4.90 Å².